The fourth-order valence-electron chi connectivity index (χ4n) is 3.57. The summed E-state index contributed by atoms with van der Waals surface area (Å²) in [6, 6.07) is 12.3. The van der Waals surface area contributed by atoms with Gasteiger partial charge in [-0.05, 0) is 56.0 Å². The number of nitrogens with one attached hydrogen (secondary N) is 1. The van der Waals surface area contributed by atoms with E-state index in [4.69, 9.17) is 0 Å². The van der Waals surface area contributed by atoms with Gasteiger partial charge in [0.2, 0.25) is 0 Å². The van der Waals surface area contributed by atoms with Gasteiger partial charge in [-0.1, -0.05) is 19.1 Å². The molecule has 138 valence electrons. The summed E-state index contributed by atoms with van der Waals surface area (Å²) in [6.45, 7) is 5.71. The predicted octanol–water partition coefficient (Wildman–Crippen LogP) is 4.48. The Labute approximate surface area is 159 Å². The molecule has 1 amide bonds. The molecular weight excluding hydrogens is 336 g/mol. The molecule has 1 fully saturated rings. The minimum atomic E-state index is 0.0385. The monoisotopic (exact) mass is 360 g/mol. The molecule has 0 atom stereocenters. The molecule has 5 nitrogen and oxygen atoms in total. The average Bonchev–Trinajstić information content (AvgIpc) is 3.22. The molecule has 0 unspecified atom stereocenters. The first-order valence-electron chi connectivity index (χ1n) is 9.57. The predicted molar refractivity (Wildman–Crippen MR) is 109 cm³/mol. The van der Waals surface area contributed by atoms with E-state index in [2.05, 4.69) is 34.3 Å². The second-order valence-electron chi connectivity index (χ2n) is 7.05. The molecule has 0 radical (unpaired) electrons. The van der Waals surface area contributed by atoms with Gasteiger partial charge in [0.15, 0.2) is 5.65 Å². The highest BCUT2D eigenvalue weighted by Crippen LogP contribution is 2.30. The van der Waals surface area contributed by atoms with Gasteiger partial charge < -0.3 is 10.2 Å². The average molecular weight is 360 g/mol. The summed E-state index contributed by atoms with van der Waals surface area (Å²) in [4.78, 5) is 24.0. The van der Waals surface area contributed by atoms with E-state index in [0.717, 1.165) is 54.8 Å². The molecule has 3 aromatic rings. The van der Waals surface area contributed by atoms with E-state index < -0.39 is 0 Å². The number of anilines is 2. The Bertz CT molecular complexity index is 993. The van der Waals surface area contributed by atoms with E-state index in [0.29, 0.717) is 11.2 Å². The number of fused-ring (bicyclic) bond motifs is 1. The number of aryl methyl sites for hydroxylation is 2. The van der Waals surface area contributed by atoms with E-state index in [9.17, 15) is 4.79 Å². The van der Waals surface area contributed by atoms with E-state index in [-0.39, 0.29) is 5.91 Å². The van der Waals surface area contributed by atoms with Crippen LogP contribution >= 0.6 is 0 Å². The maximum Gasteiger partial charge on any atom is 0.257 e. The number of nitrogens with zero attached hydrogens (tertiary/aromatic N) is 3. The lowest BCUT2D eigenvalue weighted by Gasteiger charge is -2.19. The fourth-order valence-corrected chi connectivity index (χ4v) is 3.57. The summed E-state index contributed by atoms with van der Waals surface area (Å²) in [5, 5.41) is 4.35. The number of rotatable bonds is 4. The second kappa shape index (κ2) is 7.35. The summed E-state index contributed by atoms with van der Waals surface area (Å²) in [5.74, 6) is 0.0385. The van der Waals surface area contributed by atoms with Gasteiger partial charge in [0.1, 0.15) is 0 Å². The Balaban J connectivity index is 1.83. The summed E-state index contributed by atoms with van der Waals surface area (Å²) in [7, 11) is 0. The second-order valence-corrected chi connectivity index (χ2v) is 7.05. The van der Waals surface area contributed by atoms with Crippen LogP contribution in [0.3, 0.4) is 0 Å². The van der Waals surface area contributed by atoms with Gasteiger partial charge in [-0.15, -0.1) is 0 Å². The molecule has 1 N–H and O–H groups in total. The zero-order valence-corrected chi connectivity index (χ0v) is 15.8. The molecule has 0 aliphatic carbocycles. The number of benzene rings is 1. The van der Waals surface area contributed by atoms with Gasteiger partial charge in [-0.25, -0.2) is 9.97 Å². The van der Waals surface area contributed by atoms with Gasteiger partial charge >= 0.3 is 0 Å². The Kier molecular flexibility index (Phi) is 4.75. The van der Waals surface area contributed by atoms with Gasteiger partial charge in [-0.2, -0.15) is 0 Å². The lowest BCUT2D eigenvalue weighted by Crippen LogP contribution is -2.28. The highest BCUT2D eigenvalue weighted by atomic mass is 16.2. The highest BCUT2D eigenvalue weighted by molar-refractivity contribution is 6.07. The fraction of sp³-hybridized carbons (Fsp3) is 0.318. The van der Waals surface area contributed by atoms with Gasteiger partial charge in [0, 0.05) is 36.1 Å². The van der Waals surface area contributed by atoms with Crippen molar-refractivity contribution in [3.8, 4) is 0 Å². The largest absolute Gasteiger partial charge is 0.354 e. The maximum atomic E-state index is 13.1. The molecule has 1 aromatic carbocycles. The molecule has 3 heterocycles. The number of carbonyl (C=O) groups excluding carboxylic acids is 1. The molecule has 2 aromatic heterocycles. The number of carbonyl (C=O) groups is 1. The normalized spacial score (nSPS) is 13.9. The third-order valence-electron chi connectivity index (χ3n) is 5.10. The zero-order chi connectivity index (χ0) is 18.8. The molecule has 27 heavy (non-hydrogen) atoms. The Morgan fingerprint density at radius 2 is 2.00 bits per heavy atom. The molecule has 0 spiro atoms. The minimum Gasteiger partial charge on any atom is -0.354 e. The number of likely N-dealkylation sites (tertiary alicyclic amines) is 1. The maximum absolute atomic E-state index is 13.1. The van der Waals surface area contributed by atoms with Crippen molar-refractivity contribution in [2.24, 2.45) is 0 Å². The molecule has 1 saturated heterocycles. The Hall–Kier alpha value is -2.95. The van der Waals surface area contributed by atoms with Crippen LogP contribution in [-0.2, 0) is 6.42 Å². The van der Waals surface area contributed by atoms with Crippen LogP contribution in [0.15, 0.2) is 42.6 Å². The molecule has 1 aliphatic heterocycles. The van der Waals surface area contributed by atoms with Crippen molar-refractivity contribution in [2.75, 3.05) is 18.4 Å². The molecule has 0 saturated carbocycles. The minimum absolute atomic E-state index is 0.0385. The number of aromatic nitrogens is 2. The summed E-state index contributed by atoms with van der Waals surface area (Å²) < 4.78 is 0. The first-order chi connectivity index (χ1) is 13.2. The van der Waals surface area contributed by atoms with Crippen molar-refractivity contribution >= 4 is 28.3 Å². The summed E-state index contributed by atoms with van der Waals surface area (Å²) in [5.41, 5.74) is 5.18. The molecule has 4 rings (SSSR count). The van der Waals surface area contributed by atoms with Crippen LogP contribution in [0.25, 0.3) is 11.0 Å². The molecule has 0 bridgehead atoms. The topological polar surface area (TPSA) is 58.1 Å². The van der Waals surface area contributed by atoms with Gasteiger partial charge in [0.25, 0.3) is 5.91 Å². The lowest BCUT2D eigenvalue weighted by atomic mass is 10.1. The van der Waals surface area contributed by atoms with Crippen LogP contribution in [0.5, 0.6) is 0 Å². The smallest absolute Gasteiger partial charge is 0.257 e. The number of hydrogen-bond acceptors (Lipinski definition) is 4. The Morgan fingerprint density at radius 3 is 2.78 bits per heavy atom. The Morgan fingerprint density at radius 1 is 1.19 bits per heavy atom. The van der Waals surface area contributed by atoms with Crippen LogP contribution in [0.1, 0.15) is 41.4 Å². The lowest BCUT2D eigenvalue weighted by molar-refractivity contribution is 0.0793. The van der Waals surface area contributed by atoms with E-state index in [1.165, 1.54) is 5.56 Å². The van der Waals surface area contributed by atoms with Crippen LogP contribution < -0.4 is 5.32 Å². The van der Waals surface area contributed by atoms with Crippen molar-refractivity contribution in [1.82, 2.24) is 14.9 Å². The molecule has 1 aliphatic rings. The summed E-state index contributed by atoms with van der Waals surface area (Å²) in [6.07, 6.45) is 4.76. The molecular formula is C22H24N4O. The van der Waals surface area contributed by atoms with E-state index >= 15 is 0 Å². The van der Waals surface area contributed by atoms with Crippen LogP contribution in [0.4, 0.5) is 11.4 Å². The van der Waals surface area contributed by atoms with Crippen molar-refractivity contribution in [2.45, 2.75) is 33.1 Å². The third-order valence-corrected chi connectivity index (χ3v) is 5.10. The molecule has 5 heteroatoms. The van der Waals surface area contributed by atoms with Crippen molar-refractivity contribution in [1.29, 1.82) is 0 Å². The van der Waals surface area contributed by atoms with E-state index in [1.807, 2.05) is 36.1 Å². The number of amides is 1. The van der Waals surface area contributed by atoms with Crippen molar-refractivity contribution in [3.05, 3.63) is 59.4 Å². The van der Waals surface area contributed by atoms with Crippen LogP contribution in [0, 0.1) is 6.92 Å². The highest BCUT2D eigenvalue weighted by Gasteiger charge is 2.24. The number of hydrogen-bond donors (Lipinski definition) is 1. The number of pyridine rings is 2. The van der Waals surface area contributed by atoms with Crippen LogP contribution in [-0.4, -0.2) is 33.9 Å². The van der Waals surface area contributed by atoms with E-state index in [1.54, 1.807) is 6.20 Å². The quantitative estimate of drug-likeness (QED) is 0.745. The van der Waals surface area contributed by atoms with Crippen molar-refractivity contribution in [3.63, 3.8) is 0 Å². The van der Waals surface area contributed by atoms with Crippen LogP contribution in [0.2, 0.25) is 0 Å². The third kappa shape index (κ3) is 3.50. The SMILES string of the molecule is CCc1cccc(Nc2c(C(=O)N3CCCC3)cnc3nc(C)ccc23)c1. The standard InChI is InChI=1S/C22H24N4O/c1-3-16-7-6-8-17(13-16)25-20-18-10-9-15(2)24-21(18)23-14-19(20)22(27)26-11-4-5-12-26/h6-10,13-14H,3-5,11-12H2,1-2H3,(H,23,24,25). The van der Waals surface area contributed by atoms with Crippen molar-refractivity contribution < 1.29 is 4.79 Å². The summed E-state index contributed by atoms with van der Waals surface area (Å²) >= 11 is 0. The first kappa shape index (κ1) is 17.5. The van der Waals surface area contributed by atoms with Gasteiger partial charge in [-0.3, -0.25) is 4.79 Å². The van der Waals surface area contributed by atoms with Gasteiger partial charge in [0.05, 0.1) is 11.3 Å². The zero-order valence-electron chi connectivity index (χ0n) is 15.8. The first-order valence-corrected chi connectivity index (χ1v) is 9.57.